The van der Waals surface area contributed by atoms with E-state index in [9.17, 15) is 0 Å². The summed E-state index contributed by atoms with van der Waals surface area (Å²) >= 11 is 0. The fourth-order valence-corrected chi connectivity index (χ4v) is 7.27. The van der Waals surface area contributed by atoms with Gasteiger partial charge in [-0.2, -0.15) is 0 Å². The molecule has 218 valence electrons. The van der Waals surface area contributed by atoms with Gasteiger partial charge in [0, 0.05) is 49.9 Å². The lowest BCUT2D eigenvalue weighted by Gasteiger charge is -2.11. The van der Waals surface area contributed by atoms with E-state index in [1.54, 1.807) is 0 Å². The Kier molecular flexibility index (Phi) is 5.84. The first-order chi connectivity index (χ1) is 22.7. The van der Waals surface area contributed by atoms with Crippen LogP contribution in [-0.2, 0) is 0 Å². The van der Waals surface area contributed by atoms with E-state index in [0.717, 1.165) is 39.3 Å². The van der Waals surface area contributed by atoms with Crippen molar-refractivity contribution in [2.75, 3.05) is 0 Å². The second-order valence-corrected chi connectivity index (χ2v) is 11.8. The zero-order valence-electron chi connectivity index (χ0n) is 25.4. The summed E-state index contributed by atoms with van der Waals surface area (Å²) in [4.78, 5) is 5.06. The molecule has 0 spiro atoms. The fourth-order valence-electron chi connectivity index (χ4n) is 7.27. The molecule has 3 heterocycles. The van der Waals surface area contributed by atoms with Crippen LogP contribution in [0.3, 0.4) is 0 Å². The number of aromatic nitrogens is 3. The van der Waals surface area contributed by atoms with Crippen molar-refractivity contribution >= 4 is 77.0 Å². The van der Waals surface area contributed by atoms with Crippen LogP contribution in [-0.4, -0.2) is 19.5 Å². The van der Waals surface area contributed by atoms with Crippen molar-refractivity contribution in [3.8, 4) is 5.69 Å². The average Bonchev–Trinajstić information content (AvgIpc) is 3.74. The van der Waals surface area contributed by atoms with Gasteiger partial charge in [0.05, 0.1) is 33.1 Å². The van der Waals surface area contributed by atoms with E-state index in [2.05, 4.69) is 167 Å². The highest BCUT2D eigenvalue weighted by atomic mass is 15.1. The molecule has 0 unspecified atom stereocenters. The largest absolute Gasteiger partial charge is 0.312 e. The third-order valence-corrected chi connectivity index (χ3v) is 9.22. The van der Waals surface area contributed by atoms with Gasteiger partial charge in [-0.05, 0) is 61.5 Å². The van der Waals surface area contributed by atoms with Crippen LogP contribution in [0.25, 0.3) is 76.8 Å². The Morgan fingerprint density at radius 3 is 1.43 bits per heavy atom. The van der Waals surface area contributed by atoms with Gasteiger partial charge in [0.25, 0.3) is 0 Å². The molecule has 0 radical (unpaired) electrons. The summed E-state index contributed by atoms with van der Waals surface area (Å²) in [6.45, 7) is 6.29. The van der Waals surface area contributed by atoms with Crippen LogP contribution in [0.15, 0.2) is 163 Å². The third kappa shape index (κ3) is 3.77. The van der Waals surface area contributed by atoms with Crippen LogP contribution >= 0.6 is 0 Å². The lowest BCUT2D eigenvalue weighted by molar-refractivity contribution is 1.17. The van der Waals surface area contributed by atoms with E-state index in [1.165, 1.54) is 43.4 Å². The summed E-state index contributed by atoms with van der Waals surface area (Å²) in [5.74, 6) is 0.783. The van der Waals surface area contributed by atoms with Gasteiger partial charge in [-0.15, -0.1) is 0 Å². The van der Waals surface area contributed by atoms with Gasteiger partial charge in [-0.3, -0.25) is 4.57 Å². The van der Waals surface area contributed by atoms with Crippen LogP contribution in [0, 0.1) is 0 Å². The molecule has 3 aromatic heterocycles. The molecule has 46 heavy (non-hydrogen) atoms. The van der Waals surface area contributed by atoms with Crippen molar-refractivity contribution in [1.29, 1.82) is 0 Å². The highest BCUT2D eigenvalue weighted by molar-refractivity contribution is 6.16. The summed E-state index contributed by atoms with van der Waals surface area (Å²) in [6, 6.07) is 49.7. The maximum atomic E-state index is 5.06. The normalized spacial score (nSPS) is 12.8. The molecular weight excluding hydrogens is 560 g/mol. The maximum absolute atomic E-state index is 5.06. The second-order valence-electron chi connectivity index (χ2n) is 11.8. The van der Waals surface area contributed by atoms with Gasteiger partial charge >= 0.3 is 0 Å². The minimum atomic E-state index is 0.783. The maximum Gasteiger partial charge on any atom is 0.137 e. The Bertz CT molecular complexity index is 2620. The number of aliphatic imine (C=N–C) groups is 1. The molecule has 9 aromatic rings. The topological polar surface area (TPSA) is 27.1 Å². The minimum Gasteiger partial charge on any atom is -0.312 e. The molecule has 0 aliphatic rings. The molecule has 0 aliphatic heterocycles. The first kappa shape index (κ1) is 26.3. The van der Waals surface area contributed by atoms with Crippen LogP contribution < -0.4 is 0 Å². The molecule has 0 atom stereocenters. The third-order valence-electron chi connectivity index (χ3n) is 9.22. The highest BCUT2D eigenvalue weighted by Crippen LogP contribution is 2.37. The van der Waals surface area contributed by atoms with E-state index in [-0.39, 0.29) is 0 Å². The Hall–Kier alpha value is -6.13. The molecule has 0 bridgehead atoms. The molecule has 0 saturated carbocycles. The Morgan fingerprint density at radius 1 is 0.500 bits per heavy atom. The number of benzene rings is 6. The van der Waals surface area contributed by atoms with Crippen molar-refractivity contribution in [2.24, 2.45) is 4.99 Å². The minimum absolute atomic E-state index is 0.783. The summed E-state index contributed by atoms with van der Waals surface area (Å²) in [6.07, 6.45) is 3.81. The smallest absolute Gasteiger partial charge is 0.137 e. The molecule has 4 heteroatoms. The van der Waals surface area contributed by atoms with E-state index in [4.69, 9.17) is 4.99 Å². The van der Waals surface area contributed by atoms with Gasteiger partial charge < -0.3 is 9.13 Å². The van der Waals surface area contributed by atoms with Crippen molar-refractivity contribution in [1.82, 2.24) is 13.7 Å². The molecule has 0 N–H and O–H groups in total. The van der Waals surface area contributed by atoms with E-state index in [0.29, 0.717) is 0 Å². The number of rotatable bonds is 4. The zero-order valence-corrected chi connectivity index (χ0v) is 25.4. The van der Waals surface area contributed by atoms with E-state index in [1.807, 2.05) is 12.3 Å². The number of para-hydroxylation sites is 5. The molecule has 9 rings (SSSR count). The van der Waals surface area contributed by atoms with E-state index < -0.39 is 0 Å². The molecule has 6 aromatic carbocycles. The van der Waals surface area contributed by atoms with Gasteiger partial charge in [-0.1, -0.05) is 97.6 Å². The first-order valence-corrected chi connectivity index (χ1v) is 15.6. The summed E-state index contributed by atoms with van der Waals surface area (Å²) in [7, 11) is 0. The molecule has 0 aliphatic carbocycles. The van der Waals surface area contributed by atoms with Crippen LogP contribution in [0.4, 0.5) is 0 Å². The van der Waals surface area contributed by atoms with Crippen molar-refractivity contribution in [2.45, 2.75) is 6.92 Å². The number of allylic oxidation sites excluding steroid dienone is 2. The molecule has 0 saturated heterocycles. The number of nitrogens with zero attached hydrogens (tertiary/aromatic N) is 4. The van der Waals surface area contributed by atoms with Crippen LogP contribution in [0.1, 0.15) is 6.92 Å². The molecular formula is C42H30N4. The Labute approximate surface area is 266 Å². The highest BCUT2D eigenvalue weighted by Gasteiger charge is 2.16. The molecule has 0 fully saturated rings. The molecule has 0 amide bonds. The van der Waals surface area contributed by atoms with Crippen LogP contribution in [0.2, 0.25) is 0 Å². The predicted octanol–water partition coefficient (Wildman–Crippen LogP) is 11.0. The molecule has 4 nitrogen and oxygen atoms in total. The number of fused-ring (bicyclic) bond motifs is 9. The van der Waals surface area contributed by atoms with Gasteiger partial charge in [-0.25, -0.2) is 4.99 Å². The summed E-state index contributed by atoms with van der Waals surface area (Å²) < 4.78 is 6.90. The standard InChI is InChI=1S/C42H30N4/c1-3-42(46-39-22-12-6-16-32(39)33-17-7-13-23-40(33)46)43-27-28(2)44-36-19-9-8-18-34(36)35-26-29(24-25-41(35)44)45-37-20-10-4-14-30(37)31-15-5-11-21-38(31)45/h3-27H,1H2,2H3/b28-27+,43-42?. The average molecular weight is 591 g/mol. The van der Waals surface area contributed by atoms with Crippen molar-refractivity contribution in [3.63, 3.8) is 0 Å². The van der Waals surface area contributed by atoms with Crippen molar-refractivity contribution in [3.05, 3.63) is 158 Å². The summed E-state index contributed by atoms with van der Waals surface area (Å²) in [5.41, 5.74) is 9.11. The zero-order chi connectivity index (χ0) is 30.8. The summed E-state index contributed by atoms with van der Waals surface area (Å²) in [5, 5.41) is 7.35. The van der Waals surface area contributed by atoms with Gasteiger partial charge in [0.2, 0.25) is 0 Å². The lowest BCUT2D eigenvalue weighted by Crippen LogP contribution is -2.08. The van der Waals surface area contributed by atoms with Crippen LogP contribution in [0.5, 0.6) is 0 Å². The number of hydrogen-bond donors (Lipinski definition) is 0. The van der Waals surface area contributed by atoms with Gasteiger partial charge in [0.15, 0.2) is 0 Å². The lowest BCUT2D eigenvalue weighted by atomic mass is 10.1. The predicted molar refractivity (Wildman–Crippen MR) is 196 cm³/mol. The van der Waals surface area contributed by atoms with E-state index >= 15 is 0 Å². The second kappa shape index (κ2) is 10.2. The monoisotopic (exact) mass is 590 g/mol. The Balaban J connectivity index is 1.23. The number of hydrogen-bond acceptors (Lipinski definition) is 1. The quantitative estimate of drug-likeness (QED) is 0.144. The first-order valence-electron chi connectivity index (χ1n) is 15.6. The SMILES string of the molecule is C=CC(=N/C=C(\C)n1c2ccccc2c2cc(-n3c4ccccc4c4ccccc43)ccc21)n1c2ccccc2c2ccccc21. The fraction of sp³-hybridized carbons (Fsp3) is 0.0238. The van der Waals surface area contributed by atoms with Gasteiger partial charge in [0.1, 0.15) is 5.84 Å². The Morgan fingerprint density at radius 2 is 0.913 bits per heavy atom. The van der Waals surface area contributed by atoms with Crippen molar-refractivity contribution < 1.29 is 0 Å².